The summed E-state index contributed by atoms with van der Waals surface area (Å²) in [5, 5.41) is 4.20. The van der Waals surface area contributed by atoms with Crippen molar-refractivity contribution in [3.8, 4) is 11.5 Å². The monoisotopic (exact) mass is 370 g/mol. The largest absolute Gasteiger partial charge is 0.543 e. The number of hydrogen-bond acceptors (Lipinski definition) is 8. The molecule has 0 aliphatic carbocycles. The quantitative estimate of drug-likeness (QED) is 0.247. The van der Waals surface area contributed by atoms with Crippen LogP contribution in [0.15, 0.2) is 18.2 Å². The minimum Gasteiger partial charge on any atom is -0.497 e. The number of benzene rings is 1. The van der Waals surface area contributed by atoms with E-state index in [-0.39, 0.29) is 17.4 Å². The second-order valence-corrected chi connectivity index (χ2v) is 5.62. The highest BCUT2D eigenvalue weighted by atomic mass is 17.5. The third-order valence-corrected chi connectivity index (χ3v) is 3.60. The number of ether oxygens (including phenoxy) is 3. The molecule has 1 rings (SSSR count). The number of unbranched alkanes of at least 4 members (excludes halogenated alkanes) is 3. The summed E-state index contributed by atoms with van der Waals surface area (Å²) in [4.78, 5) is 32.1. The highest BCUT2D eigenvalue weighted by molar-refractivity contribution is 5.92. The molecule has 1 atom stereocenters. The molecule has 0 aromatic heterocycles. The van der Waals surface area contributed by atoms with Gasteiger partial charge in [-0.15, -0.1) is 0 Å². The van der Waals surface area contributed by atoms with Gasteiger partial charge in [0.05, 0.1) is 19.3 Å². The molecule has 1 aromatic carbocycles. The molecule has 0 radical (unpaired) electrons. The third kappa shape index (κ3) is 7.60. The lowest BCUT2D eigenvalue weighted by atomic mass is 10.1. The lowest BCUT2D eigenvalue weighted by Gasteiger charge is -2.11. The van der Waals surface area contributed by atoms with Gasteiger partial charge in [-0.25, -0.2) is 14.5 Å². The van der Waals surface area contributed by atoms with E-state index < -0.39 is 12.1 Å². The average Bonchev–Trinajstić information content (AvgIpc) is 2.64. The standard InChI is InChI=1S/C18H26O8/c1-5-6-7-8-9-13(2)23-18(20)25-26-24-17(19)15-11-10-14(21-3)12-16(15)22-4/h10-13H,5-9H2,1-4H3. The molecule has 0 saturated carbocycles. The van der Waals surface area contributed by atoms with Crippen LogP contribution in [0, 0.1) is 0 Å². The van der Waals surface area contributed by atoms with E-state index in [1.807, 2.05) is 0 Å². The Kier molecular flexibility index (Phi) is 9.93. The molecular formula is C18H26O8. The summed E-state index contributed by atoms with van der Waals surface area (Å²) < 4.78 is 15.1. The van der Waals surface area contributed by atoms with E-state index in [2.05, 4.69) is 21.7 Å². The van der Waals surface area contributed by atoms with Crippen LogP contribution in [0.5, 0.6) is 11.5 Å². The summed E-state index contributed by atoms with van der Waals surface area (Å²) in [5.41, 5.74) is 0.0783. The second-order valence-electron chi connectivity index (χ2n) is 5.62. The van der Waals surface area contributed by atoms with Gasteiger partial charge in [-0.2, -0.15) is 0 Å². The van der Waals surface area contributed by atoms with Crippen LogP contribution < -0.4 is 9.47 Å². The first-order valence-electron chi connectivity index (χ1n) is 8.50. The maximum atomic E-state index is 11.9. The van der Waals surface area contributed by atoms with Crippen LogP contribution in [0.2, 0.25) is 0 Å². The third-order valence-electron chi connectivity index (χ3n) is 3.60. The minimum absolute atomic E-state index is 0.0783. The van der Waals surface area contributed by atoms with Crippen molar-refractivity contribution in [3.63, 3.8) is 0 Å². The van der Waals surface area contributed by atoms with Crippen molar-refractivity contribution in [1.29, 1.82) is 0 Å². The number of carbonyl (C=O) groups is 2. The molecule has 1 aromatic rings. The van der Waals surface area contributed by atoms with Gasteiger partial charge in [-0.05, 0) is 31.9 Å². The van der Waals surface area contributed by atoms with Crippen molar-refractivity contribution in [2.75, 3.05) is 14.2 Å². The van der Waals surface area contributed by atoms with Gasteiger partial charge >= 0.3 is 12.1 Å². The van der Waals surface area contributed by atoms with Gasteiger partial charge in [0.15, 0.2) is 0 Å². The number of carbonyl (C=O) groups excluding carboxylic acids is 2. The maximum Gasteiger partial charge on any atom is 0.543 e. The van der Waals surface area contributed by atoms with Gasteiger partial charge in [0.2, 0.25) is 0 Å². The Balaban J connectivity index is 2.36. The Bertz CT molecular complexity index is 572. The lowest BCUT2D eigenvalue weighted by molar-refractivity contribution is -0.453. The van der Waals surface area contributed by atoms with Gasteiger partial charge in [0.25, 0.3) is 0 Å². The van der Waals surface area contributed by atoms with Crippen molar-refractivity contribution in [3.05, 3.63) is 23.8 Å². The molecule has 8 heteroatoms. The summed E-state index contributed by atoms with van der Waals surface area (Å²) in [6.07, 6.45) is 3.63. The summed E-state index contributed by atoms with van der Waals surface area (Å²) in [6, 6.07) is 4.49. The summed E-state index contributed by atoms with van der Waals surface area (Å²) >= 11 is 0. The van der Waals surface area contributed by atoms with Crippen LogP contribution in [0.3, 0.4) is 0 Å². The highest BCUT2D eigenvalue weighted by Crippen LogP contribution is 2.25. The summed E-state index contributed by atoms with van der Waals surface area (Å²) in [6.45, 7) is 3.87. The van der Waals surface area contributed by atoms with E-state index in [0.29, 0.717) is 5.75 Å². The Morgan fingerprint density at radius 2 is 1.81 bits per heavy atom. The normalized spacial score (nSPS) is 11.4. The van der Waals surface area contributed by atoms with Gasteiger partial charge < -0.3 is 14.2 Å². The van der Waals surface area contributed by atoms with Crippen LogP contribution in [-0.2, 0) is 19.6 Å². The van der Waals surface area contributed by atoms with Crippen LogP contribution >= 0.6 is 0 Å². The van der Waals surface area contributed by atoms with Crippen molar-refractivity contribution in [1.82, 2.24) is 0 Å². The average molecular weight is 370 g/mol. The van der Waals surface area contributed by atoms with Crippen LogP contribution in [0.25, 0.3) is 0 Å². The summed E-state index contributed by atoms with van der Waals surface area (Å²) in [7, 11) is 2.88. The zero-order valence-corrected chi connectivity index (χ0v) is 15.6. The first kappa shape index (κ1) is 21.6. The molecule has 1 unspecified atom stereocenters. The molecule has 26 heavy (non-hydrogen) atoms. The molecule has 0 amide bonds. The maximum absolute atomic E-state index is 11.9. The Morgan fingerprint density at radius 1 is 1.04 bits per heavy atom. The Morgan fingerprint density at radius 3 is 2.46 bits per heavy atom. The Hall–Kier alpha value is -2.48. The fourth-order valence-corrected chi connectivity index (χ4v) is 2.19. The van der Waals surface area contributed by atoms with Crippen LogP contribution in [0.4, 0.5) is 4.79 Å². The van der Waals surface area contributed by atoms with Crippen molar-refractivity contribution >= 4 is 12.1 Å². The van der Waals surface area contributed by atoms with Crippen molar-refractivity contribution < 1.29 is 38.6 Å². The minimum atomic E-state index is -1.08. The number of methoxy groups -OCH3 is 2. The second kappa shape index (κ2) is 12.0. The molecule has 146 valence electrons. The first-order valence-corrected chi connectivity index (χ1v) is 8.50. The zero-order chi connectivity index (χ0) is 19.4. The first-order chi connectivity index (χ1) is 12.5. The smallest absolute Gasteiger partial charge is 0.497 e. The van der Waals surface area contributed by atoms with Gasteiger partial charge in [-0.1, -0.05) is 26.2 Å². The number of rotatable bonds is 11. The molecule has 0 fully saturated rings. The molecule has 0 aliphatic heterocycles. The fraction of sp³-hybridized carbons (Fsp3) is 0.556. The van der Waals surface area contributed by atoms with E-state index in [1.165, 1.54) is 26.4 Å². The zero-order valence-electron chi connectivity index (χ0n) is 15.6. The molecule has 8 nitrogen and oxygen atoms in total. The van der Waals surface area contributed by atoms with E-state index in [0.717, 1.165) is 32.1 Å². The van der Waals surface area contributed by atoms with Gasteiger partial charge in [-0.3, -0.25) is 4.89 Å². The SMILES string of the molecule is CCCCCCC(C)OC(=O)OOOC(=O)c1ccc(OC)cc1OC. The van der Waals surface area contributed by atoms with Gasteiger partial charge in [0, 0.05) is 6.07 Å². The summed E-state index contributed by atoms with van der Waals surface area (Å²) in [5.74, 6) is -0.168. The fourth-order valence-electron chi connectivity index (χ4n) is 2.19. The molecule has 0 N–H and O–H groups in total. The van der Waals surface area contributed by atoms with Crippen molar-refractivity contribution in [2.24, 2.45) is 0 Å². The molecule has 0 aliphatic rings. The van der Waals surface area contributed by atoms with Crippen molar-refractivity contribution in [2.45, 2.75) is 52.1 Å². The highest BCUT2D eigenvalue weighted by Gasteiger charge is 2.18. The van der Waals surface area contributed by atoms with E-state index in [9.17, 15) is 9.59 Å². The molecule has 0 bridgehead atoms. The predicted molar refractivity (Wildman–Crippen MR) is 91.8 cm³/mol. The molecule has 0 spiro atoms. The van der Waals surface area contributed by atoms with Crippen LogP contribution in [0.1, 0.15) is 56.3 Å². The van der Waals surface area contributed by atoms with E-state index >= 15 is 0 Å². The molecule has 0 heterocycles. The Labute approximate surface area is 153 Å². The number of hydrogen-bond donors (Lipinski definition) is 0. The van der Waals surface area contributed by atoms with Gasteiger partial charge in [0.1, 0.15) is 23.2 Å². The predicted octanol–water partition coefficient (Wildman–Crippen LogP) is 4.22. The topological polar surface area (TPSA) is 89.5 Å². The van der Waals surface area contributed by atoms with Crippen LogP contribution in [-0.4, -0.2) is 32.4 Å². The molecule has 0 saturated heterocycles. The lowest BCUT2D eigenvalue weighted by Crippen LogP contribution is -2.17. The molecular weight excluding hydrogens is 344 g/mol. The van der Waals surface area contributed by atoms with E-state index in [4.69, 9.17) is 14.2 Å². The van der Waals surface area contributed by atoms with E-state index in [1.54, 1.807) is 13.0 Å².